The lowest BCUT2D eigenvalue weighted by Gasteiger charge is -2.37. The Morgan fingerprint density at radius 1 is 1.47 bits per heavy atom. The zero-order valence-corrected chi connectivity index (χ0v) is 14.1. The summed E-state index contributed by atoms with van der Waals surface area (Å²) in [4.78, 5) is 17.2. The highest BCUT2D eigenvalue weighted by Crippen LogP contribution is 2.34. The number of amides is 1. The Morgan fingerprint density at radius 3 is 2.95 bits per heavy atom. The van der Waals surface area contributed by atoms with Gasteiger partial charge in [-0.25, -0.2) is 0 Å². The van der Waals surface area contributed by atoms with E-state index in [1.54, 1.807) is 11.3 Å². The number of thioether (sulfide) groups is 1. The van der Waals surface area contributed by atoms with Crippen LogP contribution in [0.3, 0.4) is 0 Å². The Labute approximate surface area is 131 Å². The first-order valence-electron chi connectivity index (χ1n) is 6.86. The minimum absolute atomic E-state index is 0.258. The number of thiophene rings is 1. The number of fused-ring (bicyclic) bond motifs is 1. The van der Waals surface area contributed by atoms with E-state index in [0.717, 1.165) is 28.9 Å². The molecule has 1 saturated carbocycles. The second-order valence-electron chi connectivity index (χ2n) is 5.13. The molecule has 19 heavy (non-hydrogen) atoms. The number of alkyl halides is 1. The van der Waals surface area contributed by atoms with Crippen molar-refractivity contribution < 1.29 is 4.79 Å². The molecule has 1 aromatic heterocycles. The third kappa shape index (κ3) is 2.88. The molecule has 0 radical (unpaired) electrons. The molecule has 1 aliphatic heterocycles. The second kappa shape index (κ2) is 6.19. The summed E-state index contributed by atoms with van der Waals surface area (Å²) in [5.41, 5.74) is 1.40. The monoisotopic (exact) mass is 359 g/mol. The van der Waals surface area contributed by atoms with Crippen LogP contribution in [0.5, 0.6) is 0 Å². The van der Waals surface area contributed by atoms with E-state index in [1.807, 2.05) is 11.8 Å². The Morgan fingerprint density at radius 2 is 2.32 bits per heavy atom. The molecule has 2 nitrogen and oxygen atoms in total. The Hall–Kier alpha value is -0.000000000000000167. The molecule has 5 heteroatoms. The van der Waals surface area contributed by atoms with Crippen LogP contribution in [0.4, 0.5) is 0 Å². The number of rotatable bonds is 4. The fraction of sp³-hybridized carbons (Fsp3) is 0.643. The van der Waals surface area contributed by atoms with Crippen LogP contribution in [0, 0.1) is 0 Å². The van der Waals surface area contributed by atoms with Crippen LogP contribution < -0.4 is 0 Å². The molecule has 1 amide bonds. The van der Waals surface area contributed by atoms with Gasteiger partial charge in [0, 0.05) is 28.5 Å². The zero-order chi connectivity index (χ0) is 13.2. The predicted octanol–water partition coefficient (Wildman–Crippen LogP) is 3.93. The summed E-state index contributed by atoms with van der Waals surface area (Å²) >= 11 is 7.18. The topological polar surface area (TPSA) is 20.3 Å². The van der Waals surface area contributed by atoms with Gasteiger partial charge in [-0.15, -0.1) is 11.3 Å². The lowest BCUT2D eigenvalue weighted by atomic mass is 9.91. The average Bonchev–Trinajstić information content (AvgIpc) is 2.79. The highest BCUT2D eigenvalue weighted by molar-refractivity contribution is 9.09. The number of aryl methyl sites for hydroxylation is 1. The third-order valence-electron chi connectivity index (χ3n) is 3.94. The van der Waals surface area contributed by atoms with E-state index in [0.29, 0.717) is 6.04 Å². The predicted molar refractivity (Wildman–Crippen MR) is 86.7 cm³/mol. The zero-order valence-electron chi connectivity index (χ0n) is 10.9. The van der Waals surface area contributed by atoms with E-state index < -0.39 is 0 Å². The molecule has 0 bridgehead atoms. The highest BCUT2D eigenvalue weighted by atomic mass is 79.9. The number of carbonyl (C=O) groups excluding carboxylic acids is 1. The van der Waals surface area contributed by atoms with Gasteiger partial charge in [-0.1, -0.05) is 15.9 Å². The molecule has 1 fully saturated rings. The van der Waals surface area contributed by atoms with Crippen LogP contribution in [0.15, 0.2) is 6.07 Å². The molecule has 0 aromatic carbocycles. The summed E-state index contributed by atoms with van der Waals surface area (Å²) in [6.45, 7) is 0.834. The highest BCUT2D eigenvalue weighted by Gasteiger charge is 2.30. The molecule has 0 atom stereocenters. The van der Waals surface area contributed by atoms with Crippen molar-refractivity contribution in [1.82, 2.24) is 4.90 Å². The standard InChI is InChI=1S/C14H18BrNOS2/c15-5-6-16(11-2-1-3-11)14(17)13-8-10-9-18-7-4-12(10)19-13/h8,11H,1-7,9H2. The van der Waals surface area contributed by atoms with E-state index in [9.17, 15) is 4.79 Å². The molecule has 0 unspecified atom stereocenters. The maximum absolute atomic E-state index is 12.7. The molecule has 2 aliphatic rings. The summed E-state index contributed by atoms with van der Waals surface area (Å²) in [7, 11) is 0. The molecule has 0 N–H and O–H groups in total. The number of halogens is 1. The Bertz CT molecular complexity index is 447. The lowest BCUT2D eigenvalue weighted by molar-refractivity contribution is 0.0604. The first kappa shape index (κ1) is 14.0. The summed E-state index contributed by atoms with van der Waals surface area (Å²) in [5.74, 6) is 2.55. The van der Waals surface area contributed by atoms with Crippen LogP contribution in [-0.2, 0) is 12.2 Å². The summed E-state index contributed by atoms with van der Waals surface area (Å²) in [6.07, 6.45) is 4.77. The average molecular weight is 360 g/mol. The molecule has 104 valence electrons. The minimum Gasteiger partial charge on any atom is -0.334 e. The smallest absolute Gasteiger partial charge is 0.264 e. The minimum atomic E-state index is 0.258. The van der Waals surface area contributed by atoms with Crippen molar-refractivity contribution in [2.75, 3.05) is 17.6 Å². The van der Waals surface area contributed by atoms with Gasteiger partial charge in [0.05, 0.1) is 4.88 Å². The van der Waals surface area contributed by atoms with Gasteiger partial charge in [-0.2, -0.15) is 11.8 Å². The van der Waals surface area contributed by atoms with Crippen molar-refractivity contribution in [1.29, 1.82) is 0 Å². The Kier molecular flexibility index (Phi) is 4.54. The molecule has 0 saturated heterocycles. The van der Waals surface area contributed by atoms with Gasteiger partial charge in [0.25, 0.3) is 5.91 Å². The van der Waals surface area contributed by atoms with E-state index in [2.05, 4.69) is 26.9 Å². The van der Waals surface area contributed by atoms with Crippen LogP contribution in [0.1, 0.15) is 39.4 Å². The third-order valence-corrected chi connectivity index (χ3v) is 6.53. The SMILES string of the molecule is O=C(c1cc2c(s1)CCSC2)N(CCBr)C1CCC1. The van der Waals surface area contributed by atoms with Crippen LogP contribution in [0.2, 0.25) is 0 Å². The second-order valence-corrected chi connectivity index (χ2v) is 8.17. The van der Waals surface area contributed by atoms with Crippen molar-refractivity contribution >= 4 is 44.9 Å². The van der Waals surface area contributed by atoms with Crippen LogP contribution in [0.25, 0.3) is 0 Å². The van der Waals surface area contributed by atoms with Crippen molar-refractivity contribution in [3.8, 4) is 0 Å². The maximum atomic E-state index is 12.7. The van der Waals surface area contributed by atoms with Crippen molar-refractivity contribution in [2.45, 2.75) is 37.5 Å². The lowest BCUT2D eigenvalue weighted by Crippen LogP contribution is -2.44. The van der Waals surface area contributed by atoms with Gasteiger partial charge in [0.1, 0.15) is 0 Å². The summed E-state index contributed by atoms with van der Waals surface area (Å²) < 4.78 is 0. The molecular formula is C14H18BrNOS2. The Balaban J connectivity index is 1.78. The fourth-order valence-corrected chi connectivity index (χ4v) is 5.34. The largest absolute Gasteiger partial charge is 0.334 e. The normalized spacial score (nSPS) is 18.8. The molecule has 1 aliphatic carbocycles. The first-order chi connectivity index (χ1) is 9.29. The summed E-state index contributed by atoms with van der Waals surface area (Å²) in [5, 5.41) is 0.871. The summed E-state index contributed by atoms with van der Waals surface area (Å²) in [6, 6.07) is 2.63. The first-order valence-corrected chi connectivity index (χ1v) is 9.95. The van der Waals surface area contributed by atoms with E-state index >= 15 is 0 Å². The molecule has 3 rings (SSSR count). The number of hydrogen-bond acceptors (Lipinski definition) is 3. The van der Waals surface area contributed by atoms with Crippen LogP contribution >= 0.6 is 39.0 Å². The van der Waals surface area contributed by atoms with Gasteiger partial charge in [-0.05, 0) is 43.1 Å². The van der Waals surface area contributed by atoms with Gasteiger partial charge in [0.15, 0.2) is 0 Å². The van der Waals surface area contributed by atoms with Gasteiger partial charge >= 0.3 is 0 Å². The van der Waals surface area contributed by atoms with Gasteiger partial charge in [-0.3, -0.25) is 4.79 Å². The number of carbonyl (C=O) groups is 1. The van der Waals surface area contributed by atoms with E-state index in [4.69, 9.17) is 0 Å². The van der Waals surface area contributed by atoms with Gasteiger partial charge < -0.3 is 4.90 Å². The maximum Gasteiger partial charge on any atom is 0.264 e. The van der Waals surface area contributed by atoms with Crippen molar-refractivity contribution in [2.24, 2.45) is 0 Å². The van der Waals surface area contributed by atoms with E-state index in [-0.39, 0.29) is 5.91 Å². The number of nitrogens with zero attached hydrogens (tertiary/aromatic N) is 1. The molecular weight excluding hydrogens is 342 g/mol. The quantitative estimate of drug-likeness (QED) is 0.759. The molecule has 0 spiro atoms. The van der Waals surface area contributed by atoms with Crippen molar-refractivity contribution in [3.63, 3.8) is 0 Å². The van der Waals surface area contributed by atoms with Crippen LogP contribution in [-0.4, -0.2) is 34.5 Å². The molecule has 2 heterocycles. The fourth-order valence-electron chi connectivity index (χ4n) is 2.63. The van der Waals surface area contributed by atoms with Crippen molar-refractivity contribution in [3.05, 3.63) is 21.4 Å². The van der Waals surface area contributed by atoms with Gasteiger partial charge in [0.2, 0.25) is 0 Å². The number of hydrogen-bond donors (Lipinski definition) is 0. The molecule has 1 aromatic rings. The van der Waals surface area contributed by atoms with E-state index in [1.165, 1.54) is 35.5 Å².